The van der Waals surface area contributed by atoms with E-state index in [9.17, 15) is 4.57 Å². The van der Waals surface area contributed by atoms with Crippen LogP contribution in [0.2, 0.25) is 5.02 Å². The lowest BCUT2D eigenvalue weighted by molar-refractivity contribution is 0.243. The number of hydrogen-bond acceptors (Lipinski definition) is 5. The third kappa shape index (κ3) is 9.07. The van der Waals surface area contributed by atoms with Crippen molar-refractivity contribution in [1.29, 1.82) is 0 Å². The maximum absolute atomic E-state index is 10.4. The monoisotopic (exact) mass is 491 g/mol. The van der Waals surface area contributed by atoms with E-state index in [-0.39, 0.29) is 0 Å². The van der Waals surface area contributed by atoms with Crippen LogP contribution >= 0.6 is 19.6 Å². The standard InChI is InChI=1S/C18H26ClN3.C7H9O3P/c1-4-22(5-2)12-6-7-14(3)21-17-10-11-20-18-13-15(19)8-9-16(17)18;8-7(11(9)10)6-4-2-1-3-5-6/h8-11,13-14H,4-7,12H2,1-3H3,(H,20,21);1-5,7-8,11H,(H,9,10). The van der Waals surface area contributed by atoms with E-state index in [4.69, 9.17) is 21.6 Å². The van der Waals surface area contributed by atoms with Crippen LogP contribution in [0.5, 0.6) is 0 Å². The van der Waals surface area contributed by atoms with Crippen molar-refractivity contribution in [2.45, 2.75) is 45.5 Å². The molecule has 0 saturated carbocycles. The van der Waals surface area contributed by atoms with E-state index in [1.807, 2.05) is 30.5 Å². The summed E-state index contributed by atoms with van der Waals surface area (Å²) in [4.78, 5) is 15.4. The van der Waals surface area contributed by atoms with E-state index < -0.39 is 13.9 Å². The Balaban J connectivity index is 0.000000294. The fraction of sp³-hybridized carbons (Fsp3) is 0.400. The molecule has 33 heavy (non-hydrogen) atoms. The van der Waals surface area contributed by atoms with E-state index in [1.54, 1.807) is 30.3 Å². The molecule has 3 unspecified atom stereocenters. The summed E-state index contributed by atoms with van der Waals surface area (Å²) in [6.07, 6.45) is 4.21. The molecular weight excluding hydrogens is 457 g/mol. The van der Waals surface area contributed by atoms with Crippen LogP contribution in [0.4, 0.5) is 5.69 Å². The SMILES string of the molecule is CCN(CC)CCCC(C)Nc1ccnc2cc(Cl)ccc12.O=[PH](O)C(O)c1ccccc1. The summed E-state index contributed by atoms with van der Waals surface area (Å²) in [7, 11) is -2.86. The molecule has 0 aliphatic carbocycles. The number of aliphatic hydroxyl groups is 1. The van der Waals surface area contributed by atoms with Crippen molar-refractivity contribution >= 4 is 36.2 Å². The molecule has 8 heteroatoms. The molecule has 0 fully saturated rings. The lowest BCUT2D eigenvalue weighted by atomic mass is 10.1. The van der Waals surface area contributed by atoms with Gasteiger partial charge in [-0.15, -0.1) is 0 Å². The number of nitrogens with zero attached hydrogens (tertiary/aromatic N) is 2. The molecule has 0 amide bonds. The number of fused-ring (bicyclic) bond motifs is 1. The summed E-state index contributed by atoms with van der Waals surface area (Å²) >= 11 is 6.04. The fourth-order valence-electron chi connectivity index (χ4n) is 3.52. The molecule has 6 nitrogen and oxygen atoms in total. The minimum absolute atomic E-state index is 0.442. The predicted octanol–water partition coefficient (Wildman–Crippen LogP) is 5.96. The van der Waals surface area contributed by atoms with Gasteiger partial charge >= 0.3 is 0 Å². The lowest BCUT2D eigenvalue weighted by Crippen LogP contribution is -2.25. The van der Waals surface area contributed by atoms with Gasteiger partial charge in [-0.05, 0) is 69.2 Å². The first-order chi connectivity index (χ1) is 15.8. The van der Waals surface area contributed by atoms with Gasteiger partial charge in [-0.3, -0.25) is 9.55 Å². The number of anilines is 1. The Hall–Kier alpha value is -1.95. The smallest absolute Gasteiger partial charge is 0.221 e. The van der Waals surface area contributed by atoms with Crippen molar-refractivity contribution in [2.24, 2.45) is 0 Å². The van der Waals surface area contributed by atoms with Gasteiger partial charge in [0.05, 0.1) is 5.52 Å². The number of rotatable bonds is 10. The zero-order valence-corrected chi connectivity index (χ0v) is 21.3. The highest BCUT2D eigenvalue weighted by Crippen LogP contribution is 2.34. The van der Waals surface area contributed by atoms with Crippen LogP contribution in [-0.4, -0.2) is 45.6 Å². The summed E-state index contributed by atoms with van der Waals surface area (Å²) in [6, 6.07) is 16.8. The Kier molecular flexibility index (Phi) is 11.9. The molecule has 3 rings (SSSR count). The minimum Gasteiger partial charge on any atom is -0.382 e. The van der Waals surface area contributed by atoms with Gasteiger partial charge in [0.2, 0.25) is 8.03 Å². The predicted molar refractivity (Wildman–Crippen MR) is 139 cm³/mol. The Labute approximate surface area is 202 Å². The van der Waals surface area contributed by atoms with E-state index >= 15 is 0 Å². The molecular formula is C25H35ClN3O3P. The average molecular weight is 492 g/mol. The number of pyridine rings is 1. The minimum atomic E-state index is -2.86. The van der Waals surface area contributed by atoms with Crippen LogP contribution in [0, 0.1) is 0 Å². The van der Waals surface area contributed by atoms with Gasteiger partial charge < -0.3 is 20.2 Å². The second-order valence-electron chi connectivity index (χ2n) is 7.89. The van der Waals surface area contributed by atoms with Crippen LogP contribution in [0.1, 0.15) is 45.0 Å². The highest BCUT2D eigenvalue weighted by molar-refractivity contribution is 7.38. The zero-order valence-electron chi connectivity index (χ0n) is 19.5. The van der Waals surface area contributed by atoms with Crippen LogP contribution in [0.3, 0.4) is 0 Å². The number of hydrogen-bond donors (Lipinski definition) is 3. The molecule has 180 valence electrons. The summed E-state index contributed by atoms with van der Waals surface area (Å²) < 4.78 is 10.4. The average Bonchev–Trinajstić information content (AvgIpc) is 2.82. The number of halogens is 1. The Bertz CT molecular complexity index is 1000. The second-order valence-corrected chi connectivity index (χ2v) is 9.55. The molecule has 0 aliphatic rings. The van der Waals surface area contributed by atoms with E-state index in [0.29, 0.717) is 11.6 Å². The number of aromatic nitrogens is 1. The van der Waals surface area contributed by atoms with Gasteiger partial charge in [0.25, 0.3) is 0 Å². The normalized spacial score (nSPS) is 13.8. The third-order valence-electron chi connectivity index (χ3n) is 5.46. The summed E-state index contributed by atoms with van der Waals surface area (Å²) in [5, 5.41) is 14.5. The van der Waals surface area contributed by atoms with E-state index in [1.165, 1.54) is 13.0 Å². The van der Waals surface area contributed by atoms with Crippen molar-refractivity contribution in [2.75, 3.05) is 25.0 Å². The Morgan fingerprint density at radius 1 is 1.12 bits per heavy atom. The van der Waals surface area contributed by atoms with Crippen LogP contribution < -0.4 is 5.32 Å². The Morgan fingerprint density at radius 3 is 2.45 bits per heavy atom. The van der Waals surface area contributed by atoms with E-state index in [2.05, 4.69) is 36.0 Å². The highest BCUT2D eigenvalue weighted by atomic mass is 35.5. The first-order valence-electron chi connectivity index (χ1n) is 11.3. The topological polar surface area (TPSA) is 85.7 Å². The van der Waals surface area contributed by atoms with Crippen LogP contribution in [0.25, 0.3) is 10.9 Å². The van der Waals surface area contributed by atoms with Crippen LogP contribution in [0.15, 0.2) is 60.8 Å². The zero-order chi connectivity index (χ0) is 24.2. The molecule has 0 saturated heterocycles. The molecule has 1 aromatic heterocycles. The number of benzene rings is 2. The fourth-order valence-corrected chi connectivity index (χ4v) is 4.17. The third-order valence-corrected chi connectivity index (χ3v) is 6.50. The van der Waals surface area contributed by atoms with Gasteiger partial charge in [0.1, 0.15) is 0 Å². The molecule has 0 spiro atoms. The molecule has 0 radical (unpaired) electrons. The molecule has 0 bridgehead atoms. The lowest BCUT2D eigenvalue weighted by Gasteiger charge is -2.20. The van der Waals surface area contributed by atoms with Crippen molar-refractivity contribution in [1.82, 2.24) is 9.88 Å². The second kappa shape index (κ2) is 14.3. The van der Waals surface area contributed by atoms with Gasteiger partial charge in [0, 0.05) is 28.3 Å². The highest BCUT2D eigenvalue weighted by Gasteiger charge is 2.11. The van der Waals surface area contributed by atoms with Crippen molar-refractivity contribution in [3.63, 3.8) is 0 Å². The molecule has 3 aromatic rings. The van der Waals surface area contributed by atoms with Crippen molar-refractivity contribution in [3.05, 3.63) is 71.4 Å². The summed E-state index contributed by atoms with van der Waals surface area (Å²) in [5.41, 5.74) is 2.56. The largest absolute Gasteiger partial charge is 0.382 e. The molecule has 3 N–H and O–H groups in total. The summed E-state index contributed by atoms with van der Waals surface area (Å²) in [5.74, 6) is -1.22. The van der Waals surface area contributed by atoms with Gasteiger partial charge in [-0.2, -0.15) is 0 Å². The number of nitrogens with one attached hydrogen (secondary N) is 1. The Morgan fingerprint density at radius 2 is 1.82 bits per heavy atom. The molecule has 3 atom stereocenters. The van der Waals surface area contributed by atoms with Crippen molar-refractivity contribution < 1.29 is 14.6 Å². The van der Waals surface area contributed by atoms with Gasteiger partial charge in [0.15, 0.2) is 5.85 Å². The first-order valence-corrected chi connectivity index (χ1v) is 13.2. The van der Waals surface area contributed by atoms with Gasteiger partial charge in [-0.25, -0.2) is 0 Å². The first kappa shape index (κ1) is 27.3. The molecule has 1 heterocycles. The molecule has 0 aliphatic heterocycles. The van der Waals surface area contributed by atoms with Crippen LogP contribution in [-0.2, 0) is 4.57 Å². The molecule has 2 aromatic carbocycles. The van der Waals surface area contributed by atoms with Crippen molar-refractivity contribution in [3.8, 4) is 0 Å². The summed E-state index contributed by atoms with van der Waals surface area (Å²) in [6.45, 7) is 10.1. The van der Waals surface area contributed by atoms with E-state index in [0.717, 1.165) is 41.1 Å². The quantitative estimate of drug-likeness (QED) is 0.304. The number of aliphatic hydroxyl groups excluding tert-OH is 1. The maximum Gasteiger partial charge on any atom is 0.221 e. The van der Waals surface area contributed by atoms with Gasteiger partial charge in [-0.1, -0.05) is 55.8 Å². The maximum atomic E-state index is 10.4.